The molecule has 0 aliphatic rings. The average molecular weight is 290 g/mol. The lowest BCUT2D eigenvalue weighted by atomic mass is 10.3. The molecule has 2 N–H and O–H groups in total. The van der Waals surface area contributed by atoms with E-state index in [4.69, 9.17) is 16.3 Å². The summed E-state index contributed by atoms with van der Waals surface area (Å²) >= 11 is 5.85. The normalized spacial score (nSPS) is 10.7. The zero-order valence-corrected chi connectivity index (χ0v) is 11.5. The summed E-state index contributed by atoms with van der Waals surface area (Å²) in [6.07, 6.45) is 1.56. The highest BCUT2D eigenvalue weighted by Gasteiger charge is 2.11. The molecule has 0 radical (unpaired) electrons. The Hall–Kier alpha value is -2.34. The van der Waals surface area contributed by atoms with E-state index in [0.717, 1.165) is 6.54 Å². The van der Waals surface area contributed by atoms with Crippen LogP contribution < -0.4 is 10.1 Å². The van der Waals surface area contributed by atoms with Gasteiger partial charge in [0.15, 0.2) is 5.65 Å². The Morgan fingerprint density at radius 2 is 2.05 bits per heavy atom. The summed E-state index contributed by atoms with van der Waals surface area (Å²) in [5, 5.41) is 3.70. The topological polar surface area (TPSA) is 75.7 Å². The van der Waals surface area contributed by atoms with Crippen molar-refractivity contribution in [3.63, 3.8) is 0 Å². The lowest BCUT2D eigenvalue weighted by molar-refractivity contribution is 0.468. The smallest absolute Gasteiger partial charge is 0.250 e. The Balaban J connectivity index is 2.00. The molecule has 0 aliphatic heterocycles. The molecule has 2 heterocycles. The number of nitrogens with one attached hydrogen (secondary N) is 2. The maximum atomic E-state index is 5.85. The summed E-state index contributed by atoms with van der Waals surface area (Å²) in [7, 11) is 0. The molecule has 20 heavy (non-hydrogen) atoms. The second-order valence-electron chi connectivity index (χ2n) is 4.04. The third-order valence-corrected chi connectivity index (χ3v) is 2.87. The van der Waals surface area contributed by atoms with Gasteiger partial charge in [-0.25, -0.2) is 4.98 Å². The lowest BCUT2D eigenvalue weighted by Gasteiger charge is -2.07. The number of hydrogen-bond donors (Lipinski definition) is 2. The highest BCUT2D eigenvalue weighted by molar-refractivity contribution is 6.30. The minimum absolute atomic E-state index is 0.422. The fourth-order valence-electron chi connectivity index (χ4n) is 1.73. The van der Waals surface area contributed by atoms with Crippen LogP contribution in [-0.4, -0.2) is 26.5 Å². The van der Waals surface area contributed by atoms with Crippen molar-refractivity contribution in [3.8, 4) is 11.6 Å². The Morgan fingerprint density at radius 1 is 1.25 bits per heavy atom. The van der Waals surface area contributed by atoms with Crippen LogP contribution in [0, 0.1) is 0 Å². The van der Waals surface area contributed by atoms with Crippen LogP contribution in [0.1, 0.15) is 6.92 Å². The SMILES string of the molecule is CCNc1nc(Oc2ccc(Cl)cc2)c2[nH]cnc2n1. The van der Waals surface area contributed by atoms with Crippen molar-refractivity contribution in [1.29, 1.82) is 0 Å². The molecule has 0 atom stereocenters. The molecule has 102 valence electrons. The molecule has 0 fully saturated rings. The minimum Gasteiger partial charge on any atom is -0.437 e. The van der Waals surface area contributed by atoms with Gasteiger partial charge in [0.2, 0.25) is 5.95 Å². The van der Waals surface area contributed by atoms with Gasteiger partial charge in [0.05, 0.1) is 6.33 Å². The van der Waals surface area contributed by atoms with Crippen molar-refractivity contribution < 1.29 is 4.74 Å². The molecule has 2 aromatic heterocycles. The molecule has 1 aromatic carbocycles. The number of fused-ring (bicyclic) bond motifs is 1. The molecule has 6 nitrogen and oxygen atoms in total. The number of imidazole rings is 1. The van der Waals surface area contributed by atoms with Crippen molar-refractivity contribution in [1.82, 2.24) is 19.9 Å². The Morgan fingerprint density at radius 3 is 2.80 bits per heavy atom. The molecule has 0 saturated carbocycles. The van der Waals surface area contributed by atoms with Gasteiger partial charge < -0.3 is 15.0 Å². The van der Waals surface area contributed by atoms with E-state index in [1.54, 1.807) is 30.6 Å². The van der Waals surface area contributed by atoms with Crippen LogP contribution >= 0.6 is 11.6 Å². The summed E-state index contributed by atoms with van der Waals surface area (Å²) in [5.74, 6) is 1.55. The van der Waals surface area contributed by atoms with E-state index in [1.807, 2.05) is 6.92 Å². The Labute approximate surface area is 120 Å². The molecule has 0 saturated heterocycles. The number of ether oxygens (including phenoxy) is 1. The summed E-state index contributed by atoms with van der Waals surface area (Å²) in [5.41, 5.74) is 1.21. The van der Waals surface area contributed by atoms with Crippen LogP contribution in [0.15, 0.2) is 30.6 Å². The molecular formula is C13H12ClN5O. The highest BCUT2D eigenvalue weighted by atomic mass is 35.5. The maximum Gasteiger partial charge on any atom is 0.250 e. The zero-order valence-electron chi connectivity index (χ0n) is 10.7. The predicted molar refractivity (Wildman–Crippen MR) is 77.4 cm³/mol. The van der Waals surface area contributed by atoms with E-state index < -0.39 is 0 Å². The quantitative estimate of drug-likeness (QED) is 0.771. The van der Waals surface area contributed by atoms with Crippen LogP contribution in [0.2, 0.25) is 5.02 Å². The molecule has 0 unspecified atom stereocenters. The van der Waals surface area contributed by atoms with Crippen molar-refractivity contribution >= 4 is 28.7 Å². The number of hydrogen-bond acceptors (Lipinski definition) is 5. The fraction of sp³-hybridized carbons (Fsp3) is 0.154. The molecule has 0 amide bonds. The number of rotatable bonds is 4. The van der Waals surface area contributed by atoms with E-state index in [0.29, 0.717) is 33.8 Å². The predicted octanol–water partition coefficient (Wildman–Crippen LogP) is 3.23. The molecule has 0 aliphatic carbocycles. The van der Waals surface area contributed by atoms with Crippen LogP contribution in [0.5, 0.6) is 11.6 Å². The summed E-state index contributed by atoms with van der Waals surface area (Å²) in [6, 6.07) is 7.07. The first-order valence-corrected chi connectivity index (χ1v) is 6.52. The van der Waals surface area contributed by atoms with E-state index >= 15 is 0 Å². The third kappa shape index (κ3) is 2.50. The molecule has 7 heteroatoms. The number of H-pyrrole nitrogens is 1. The van der Waals surface area contributed by atoms with Crippen LogP contribution in [0.3, 0.4) is 0 Å². The summed E-state index contributed by atoms with van der Waals surface area (Å²) < 4.78 is 5.77. The average Bonchev–Trinajstić information content (AvgIpc) is 2.90. The third-order valence-electron chi connectivity index (χ3n) is 2.62. The molecule has 3 aromatic rings. The van der Waals surface area contributed by atoms with Gasteiger partial charge in [-0.2, -0.15) is 9.97 Å². The van der Waals surface area contributed by atoms with E-state index in [9.17, 15) is 0 Å². The Bertz CT molecular complexity index is 725. The van der Waals surface area contributed by atoms with E-state index in [1.165, 1.54) is 0 Å². The van der Waals surface area contributed by atoms with Gasteiger partial charge in [-0.3, -0.25) is 0 Å². The molecule has 3 rings (SSSR count). The molecular weight excluding hydrogens is 278 g/mol. The van der Waals surface area contributed by atoms with Crippen molar-refractivity contribution in [3.05, 3.63) is 35.6 Å². The maximum absolute atomic E-state index is 5.85. The van der Waals surface area contributed by atoms with Crippen LogP contribution in [-0.2, 0) is 0 Å². The second-order valence-corrected chi connectivity index (χ2v) is 4.48. The number of nitrogens with zero attached hydrogens (tertiary/aromatic N) is 3. The second kappa shape index (κ2) is 5.34. The number of anilines is 1. The largest absolute Gasteiger partial charge is 0.437 e. The standard InChI is InChI=1S/C13H12ClN5O/c1-2-15-13-18-11-10(16-7-17-11)12(19-13)20-9-5-3-8(14)4-6-9/h3-7H,2H2,1H3,(H2,15,16,17,18,19). The highest BCUT2D eigenvalue weighted by Crippen LogP contribution is 2.27. The fourth-order valence-corrected chi connectivity index (χ4v) is 1.86. The number of halogens is 1. The number of benzene rings is 1. The van der Waals surface area contributed by atoms with Gasteiger partial charge >= 0.3 is 0 Å². The van der Waals surface area contributed by atoms with Gasteiger partial charge in [-0.05, 0) is 31.2 Å². The molecule has 0 spiro atoms. The first-order chi connectivity index (χ1) is 9.76. The first kappa shape index (κ1) is 12.7. The monoisotopic (exact) mass is 289 g/mol. The minimum atomic E-state index is 0.422. The number of aromatic amines is 1. The summed E-state index contributed by atoms with van der Waals surface area (Å²) in [4.78, 5) is 15.7. The van der Waals surface area contributed by atoms with Gasteiger partial charge in [-0.15, -0.1) is 0 Å². The van der Waals surface area contributed by atoms with Crippen molar-refractivity contribution in [2.45, 2.75) is 6.92 Å². The first-order valence-electron chi connectivity index (χ1n) is 6.14. The zero-order chi connectivity index (χ0) is 13.9. The summed E-state index contributed by atoms with van der Waals surface area (Å²) in [6.45, 7) is 2.69. The van der Waals surface area contributed by atoms with Gasteiger partial charge in [-0.1, -0.05) is 11.6 Å². The van der Waals surface area contributed by atoms with Crippen molar-refractivity contribution in [2.75, 3.05) is 11.9 Å². The number of aromatic nitrogens is 4. The van der Waals surface area contributed by atoms with Crippen molar-refractivity contribution in [2.24, 2.45) is 0 Å². The van der Waals surface area contributed by atoms with Gasteiger partial charge in [0.1, 0.15) is 11.3 Å². The molecule has 0 bridgehead atoms. The van der Waals surface area contributed by atoms with Gasteiger partial charge in [0, 0.05) is 11.6 Å². The Kier molecular flexibility index (Phi) is 3.39. The van der Waals surface area contributed by atoms with Crippen LogP contribution in [0.4, 0.5) is 5.95 Å². The van der Waals surface area contributed by atoms with E-state index in [-0.39, 0.29) is 0 Å². The van der Waals surface area contributed by atoms with Gasteiger partial charge in [0.25, 0.3) is 5.88 Å². The van der Waals surface area contributed by atoms with Crippen LogP contribution in [0.25, 0.3) is 11.2 Å². The lowest BCUT2D eigenvalue weighted by Crippen LogP contribution is -2.03. The van der Waals surface area contributed by atoms with E-state index in [2.05, 4.69) is 25.3 Å².